The van der Waals surface area contributed by atoms with E-state index in [1.807, 2.05) is 0 Å². The molecule has 4 rings (SSSR count). The van der Waals surface area contributed by atoms with Crippen LogP contribution in [0.2, 0.25) is 0 Å². The van der Waals surface area contributed by atoms with Crippen LogP contribution < -0.4 is 0 Å². The number of likely N-dealkylation sites (tertiary alicyclic amines) is 1. The fourth-order valence-electron chi connectivity index (χ4n) is 3.90. The third kappa shape index (κ3) is 7.83. The molecule has 0 aromatic heterocycles. The predicted octanol–water partition coefficient (Wildman–Crippen LogP) is 4.97. The highest BCUT2D eigenvalue weighted by molar-refractivity contribution is 7.98. The van der Waals surface area contributed by atoms with Crippen LogP contribution in [0.25, 0.3) is 10.8 Å². The summed E-state index contributed by atoms with van der Waals surface area (Å²) < 4.78 is 0. The number of hydrogen-bond donors (Lipinski definition) is 2. The maximum atomic E-state index is 9.10. The summed E-state index contributed by atoms with van der Waals surface area (Å²) in [4.78, 5) is 27.8. The van der Waals surface area contributed by atoms with Gasteiger partial charge >= 0.3 is 11.9 Å². The lowest BCUT2D eigenvalue weighted by molar-refractivity contribution is -0.159. The number of aliphatic carboxylic acids is 2. The summed E-state index contributed by atoms with van der Waals surface area (Å²) in [5.41, 5.74) is 3.09. The van der Waals surface area contributed by atoms with Gasteiger partial charge in [0.05, 0.1) is 0 Å². The van der Waals surface area contributed by atoms with Gasteiger partial charge in [-0.1, -0.05) is 66.2 Å². The van der Waals surface area contributed by atoms with Gasteiger partial charge in [0, 0.05) is 22.6 Å². The van der Waals surface area contributed by atoms with Crippen LogP contribution >= 0.6 is 11.8 Å². The molecule has 0 bridgehead atoms. The molecule has 184 valence electrons. The number of nitrogens with zero attached hydrogens (tertiary/aromatic N) is 2. The quantitative estimate of drug-likeness (QED) is 0.157. The van der Waals surface area contributed by atoms with Crippen molar-refractivity contribution in [2.24, 2.45) is 5.16 Å². The number of hydrogen-bond acceptors (Lipinski definition) is 6. The van der Waals surface area contributed by atoms with Crippen LogP contribution in [0.15, 0.2) is 76.8 Å². The number of benzene rings is 3. The molecule has 3 aromatic rings. The van der Waals surface area contributed by atoms with Crippen LogP contribution in [-0.4, -0.2) is 65.3 Å². The number of piperidine rings is 1. The average Bonchev–Trinajstić information content (AvgIpc) is 2.89. The molecule has 2 N–H and O–H groups in total. The van der Waals surface area contributed by atoms with E-state index in [0.717, 1.165) is 23.4 Å². The van der Waals surface area contributed by atoms with Gasteiger partial charge in [0.1, 0.15) is 12.3 Å². The Morgan fingerprint density at radius 2 is 1.57 bits per heavy atom. The molecule has 0 amide bonds. The van der Waals surface area contributed by atoms with Crippen molar-refractivity contribution in [3.63, 3.8) is 0 Å². The van der Waals surface area contributed by atoms with Crippen molar-refractivity contribution in [3.05, 3.63) is 77.9 Å². The van der Waals surface area contributed by atoms with E-state index in [2.05, 4.69) is 83.0 Å². The zero-order valence-corrected chi connectivity index (χ0v) is 20.5. The Hall–Kier alpha value is -3.36. The van der Waals surface area contributed by atoms with Crippen LogP contribution in [0.4, 0.5) is 0 Å². The molecule has 0 unspecified atom stereocenters. The van der Waals surface area contributed by atoms with Crippen LogP contribution in [0.3, 0.4) is 0 Å². The average molecular weight is 495 g/mol. The zero-order valence-electron chi connectivity index (χ0n) is 19.7. The molecule has 0 radical (unpaired) electrons. The summed E-state index contributed by atoms with van der Waals surface area (Å²) in [6.07, 6.45) is 6.05. The van der Waals surface area contributed by atoms with Crippen LogP contribution in [0.5, 0.6) is 0 Å². The molecule has 1 aliphatic rings. The molecule has 3 aromatic carbocycles. The smallest absolute Gasteiger partial charge is 0.414 e. The number of thioether (sulfide) groups is 1. The first-order valence-electron chi connectivity index (χ1n) is 11.5. The lowest BCUT2D eigenvalue weighted by Gasteiger charge is -2.25. The number of carbonyl (C=O) groups is 2. The minimum Gasteiger partial charge on any atom is -0.473 e. The van der Waals surface area contributed by atoms with E-state index in [-0.39, 0.29) is 0 Å². The topological polar surface area (TPSA) is 99.4 Å². The molecule has 1 saturated heterocycles. The number of carboxylic acid groups (broad SMARTS) is 2. The molecule has 1 heterocycles. The van der Waals surface area contributed by atoms with Gasteiger partial charge in [-0.15, -0.1) is 11.8 Å². The molecule has 1 aliphatic heterocycles. The lowest BCUT2D eigenvalue weighted by Crippen LogP contribution is -2.32. The summed E-state index contributed by atoms with van der Waals surface area (Å²) in [7, 11) is 0. The Labute approximate surface area is 209 Å². The maximum absolute atomic E-state index is 9.10. The molecule has 35 heavy (non-hydrogen) atoms. The second-order valence-corrected chi connectivity index (χ2v) is 8.92. The summed E-state index contributed by atoms with van der Waals surface area (Å²) in [6, 6.07) is 23.4. The Kier molecular flexibility index (Phi) is 10.1. The van der Waals surface area contributed by atoms with Gasteiger partial charge in [-0.25, -0.2) is 9.59 Å². The highest BCUT2D eigenvalue weighted by atomic mass is 32.2. The standard InChI is InChI=1S/C25H28N2OS.C2H2O4/c1-29-22-14-12-21(13-15-22)25(26-28-19-18-27-16-5-2-6-17-27)24-11-7-9-20-8-3-4-10-23(20)24;3-1(4)2(5)6/h3-4,7-15H,2,5-6,16-19H2,1H3;(H,3,4)(H,5,6)/b26-25+;. The molecule has 1 fully saturated rings. The molecular formula is C27H30N2O5S. The van der Waals surface area contributed by atoms with E-state index in [4.69, 9.17) is 24.6 Å². The molecule has 0 atom stereocenters. The van der Waals surface area contributed by atoms with Gasteiger partial charge in [-0.2, -0.15) is 0 Å². The number of oxime groups is 1. The van der Waals surface area contributed by atoms with Crippen LogP contribution in [0.1, 0.15) is 30.4 Å². The van der Waals surface area contributed by atoms with E-state index in [1.54, 1.807) is 11.8 Å². The van der Waals surface area contributed by atoms with E-state index in [9.17, 15) is 0 Å². The number of carboxylic acids is 2. The van der Waals surface area contributed by atoms with Crippen molar-refractivity contribution in [2.75, 3.05) is 32.5 Å². The summed E-state index contributed by atoms with van der Waals surface area (Å²) in [6.45, 7) is 3.92. The van der Waals surface area contributed by atoms with Crippen molar-refractivity contribution >= 4 is 40.2 Å². The van der Waals surface area contributed by atoms with Gasteiger partial charge < -0.3 is 15.1 Å². The van der Waals surface area contributed by atoms with Crippen molar-refractivity contribution < 1.29 is 24.6 Å². The Morgan fingerprint density at radius 1 is 0.914 bits per heavy atom. The SMILES string of the molecule is CSc1ccc(/C(=N\OCCN2CCCCC2)c2cccc3ccccc23)cc1.O=C(O)C(=O)O. The van der Waals surface area contributed by atoms with Gasteiger partial charge in [-0.05, 0) is 55.1 Å². The Morgan fingerprint density at radius 3 is 2.23 bits per heavy atom. The Balaban J connectivity index is 0.000000509. The maximum Gasteiger partial charge on any atom is 0.414 e. The van der Waals surface area contributed by atoms with Crippen molar-refractivity contribution in [3.8, 4) is 0 Å². The molecule has 7 nitrogen and oxygen atoms in total. The van der Waals surface area contributed by atoms with E-state index in [0.29, 0.717) is 6.61 Å². The Bertz CT molecular complexity index is 1140. The van der Waals surface area contributed by atoms with Crippen LogP contribution in [-0.2, 0) is 14.4 Å². The first-order valence-corrected chi connectivity index (χ1v) is 12.7. The van der Waals surface area contributed by atoms with Gasteiger partial charge in [0.25, 0.3) is 0 Å². The number of fused-ring (bicyclic) bond motifs is 1. The largest absolute Gasteiger partial charge is 0.473 e. The summed E-state index contributed by atoms with van der Waals surface area (Å²) in [5.74, 6) is -3.65. The third-order valence-electron chi connectivity index (χ3n) is 5.69. The summed E-state index contributed by atoms with van der Waals surface area (Å²) >= 11 is 1.75. The second-order valence-electron chi connectivity index (χ2n) is 8.04. The fourth-order valence-corrected chi connectivity index (χ4v) is 4.31. The lowest BCUT2D eigenvalue weighted by atomic mass is 9.97. The first kappa shape index (κ1) is 26.2. The monoisotopic (exact) mass is 494 g/mol. The fraction of sp³-hybridized carbons (Fsp3) is 0.296. The van der Waals surface area contributed by atoms with Crippen LogP contribution in [0, 0.1) is 0 Å². The second kappa shape index (κ2) is 13.5. The minimum atomic E-state index is -1.82. The highest BCUT2D eigenvalue weighted by Gasteiger charge is 2.13. The van der Waals surface area contributed by atoms with Crippen molar-refractivity contribution in [2.45, 2.75) is 24.2 Å². The molecule has 8 heteroatoms. The third-order valence-corrected chi connectivity index (χ3v) is 6.44. The highest BCUT2D eigenvalue weighted by Crippen LogP contribution is 2.24. The molecule has 0 saturated carbocycles. The van der Waals surface area contributed by atoms with E-state index < -0.39 is 11.9 Å². The number of rotatable bonds is 7. The molecule has 0 spiro atoms. The van der Waals surface area contributed by atoms with Gasteiger partial charge in [-0.3, -0.25) is 4.90 Å². The van der Waals surface area contributed by atoms with Crippen molar-refractivity contribution in [1.82, 2.24) is 4.90 Å². The molecule has 0 aliphatic carbocycles. The minimum absolute atomic E-state index is 0.622. The van der Waals surface area contributed by atoms with E-state index in [1.165, 1.54) is 48.0 Å². The normalized spacial score (nSPS) is 14.1. The van der Waals surface area contributed by atoms with E-state index >= 15 is 0 Å². The van der Waals surface area contributed by atoms with Gasteiger partial charge in [0.2, 0.25) is 0 Å². The summed E-state index contributed by atoms with van der Waals surface area (Å²) in [5, 5.41) is 21.8. The molecular weight excluding hydrogens is 464 g/mol. The predicted molar refractivity (Wildman–Crippen MR) is 139 cm³/mol. The van der Waals surface area contributed by atoms with Crippen molar-refractivity contribution in [1.29, 1.82) is 0 Å². The van der Waals surface area contributed by atoms with Gasteiger partial charge in [0.15, 0.2) is 0 Å². The zero-order chi connectivity index (χ0) is 25.0. The first-order chi connectivity index (χ1) is 17.0.